The third-order valence-corrected chi connectivity index (χ3v) is 2.50. The van der Waals surface area contributed by atoms with Crippen LogP contribution in [0.2, 0.25) is 0 Å². The Labute approximate surface area is 62.2 Å². The Morgan fingerprint density at radius 2 is 2.20 bits per heavy atom. The molecule has 2 nitrogen and oxygen atoms in total. The Morgan fingerprint density at radius 1 is 1.60 bits per heavy atom. The van der Waals surface area contributed by atoms with Gasteiger partial charge in [0.05, 0.1) is 0 Å². The lowest BCUT2D eigenvalue weighted by Gasteiger charge is -2.18. The lowest BCUT2D eigenvalue weighted by atomic mass is 10.2. The minimum absolute atomic E-state index is 0.359. The summed E-state index contributed by atoms with van der Waals surface area (Å²) < 4.78 is 0. The summed E-state index contributed by atoms with van der Waals surface area (Å²) in [5.41, 5.74) is 0. The largest absolute Gasteiger partial charge is 0.306 e. The molecule has 0 heterocycles. The molecule has 0 aromatic carbocycles. The Kier molecular flexibility index (Phi) is 2.09. The molecule has 0 bridgehead atoms. The third-order valence-electron chi connectivity index (χ3n) is 2.50. The molecular formula is C8H15NO. The summed E-state index contributed by atoms with van der Waals surface area (Å²) in [7, 11) is 4.12. The number of hydrogen-bond acceptors (Lipinski definition) is 2. The smallest absolute Gasteiger partial charge is 0.123 e. The van der Waals surface area contributed by atoms with Crippen LogP contribution in [0.3, 0.4) is 0 Å². The number of rotatable bonds is 3. The molecule has 0 saturated heterocycles. The summed E-state index contributed by atoms with van der Waals surface area (Å²) in [6.45, 7) is 2.17. The lowest BCUT2D eigenvalue weighted by Crippen LogP contribution is -2.27. The first-order chi connectivity index (χ1) is 4.66. The monoisotopic (exact) mass is 141 g/mol. The molecule has 0 radical (unpaired) electrons. The van der Waals surface area contributed by atoms with E-state index in [1.54, 1.807) is 0 Å². The van der Waals surface area contributed by atoms with Crippen LogP contribution < -0.4 is 0 Å². The zero-order valence-corrected chi connectivity index (χ0v) is 6.87. The van der Waals surface area contributed by atoms with Crippen molar-refractivity contribution in [1.29, 1.82) is 0 Å². The second-order valence-electron chi connectivity index (χ2n) is 3.40. The maximum atomic E-state index is 10.3. The van der Waals surface area contributed by atoms with Crippen LogP contribution in [0.4, 0.5) is 0 Å². The Balaban J connectivity index is 2.32. The minimum Gasteiger partial charge on any atom is -0.306 e. The highest BCUT2D eigenvalue weighted by molar-refractivity contribution is 5.58. The fourth-order valence-corrected chi connectivity index (χ4v) is 1.33. The molecule has 0 amide bonds. The van der Waals surface area contributed by atoms with Crippen LogP contribution in [0.15, 0.2) is 0 Å². The van der Waals surface area contributed by atoms with Gasteiger partial charge in [-0.1, -0.05) is 0 Å². The highest BCUT2D eigenvalue weighted by Gasteiger charge is 2.41. The topological polar surface area (TPSA) is 20.3 Å². The van der Waals surface area contributed by atoms with Crippen molar-refractivity contribution < 1.29 is 4.79 Å². The van der Waals surface area contributed by atoms with Gasteiger partial charge in [0.15, 0.2) is 0 Å². The first kappa shape index (κ1) is 7.73. The van der Waals surface area contributed by atoms with E-state index in [0.29, 0.717) is 17.9 Å². The molecule has 10 heavy (non-hydrogen) atoms. The Bertz CT molecular complexity index is 133. The van der Waals surface area contributed by atoms with Crippen LogP contribution in [0.5, 0.6) is 0 Å². The first-order valence-corrected chi connectivity index (χ1v) is 3.78. The van der Waals surface area contributed by atoms with E-state index in [1.165, 1.54) is 0 Å². The van der Waals surface area contributed by atoms with Crippen molar-refractivity contribution in [2.24, 2.45) is 11.8 Å². The molecule has 1 rings (SSSR count). The van der Waals surface area contributed by atoms with E-state index in [-0.39, 0.29) is 0 Å². The van der Waals surface area contributed by atoms with Crippen molar-refractivity contribution in [3.63, 3.8) is 0 Å². The standard InChI is InChI=1S/C8H15NO/c1-6(9(2)3)8-4-7(8)5-10/h5-8H,4H2,1-3H3. The fraction of sp³-hybridized carbons (Fsp3) is 0.875. The third kappa shape index (κ3) is 1.37. The SMILES string of the molecule is CC(C1CC1C=O)N(C)C. The Morgan fingerprint density at radius 3 is 2.50 bits per heavy atom. The van der Waals surface area contributed by atoms with Crippen LogP contribution in [0, 0.1) is 11.8 Å². The van der Waals surface area contributed by atoms with E-state index >= 15 is 0 Å². The van der Waals surface area contributed by atoms with Crippen molar-refractivity contribution in [3.05, 3.63) is 0 Å². The predicted octanol–water partition coefficient (Wildman–Crippen LogP) is 0.772. The molecule has 0 N–H and O–H groups in total. The van der Waals surface area contributed by atoms with Crippen LogP contribution in [-0.2, 0) is 4.79 Å². The summed E-state index contributed by atoms with van der Waals surface area (Å²) >= 11 is 0. The maximum absolute atomic E-state index is 10.3. The van der Waals surface area contributed by atoms with Gasteiger partial charge in [0.1, 0.15) is 6.29 Å². The van der Waals surface area contributed by atoms with E-state index in [2.05, 4.69) is 25.9 Å². The average Bonchev–Trinajstić information content (AvgIpc) is 2.64. The van der Waals surface area contributed by atoms with Gasteiger partial charge in [-0.3, -0.25) is 0 Å². The van der Waals surface area contributed by atoms with E-state index < -0.39 is 0 Å². The second-order valence-corrected chi connectivity index (χ2v) is 3.40. The van der Waals surface area contributed by atoms with Gasteiger partial charge in [-0.05, 0) is 33.4 Å². The molecule has 0 aromatic heterocycles. The van der Waals surface area contributed by atoms with E-state index in [1.807, 2.05) is 0 Å². The number of carbonyl (C=O) groups is 1. The van der Waals surface area contributed by atoms with Crippen molar-refractivity contribution in [2.75, 3.05) is 14.1 Å². The average molecular weight is 141 g/mol. The lowest BCUT2D eigenvalue weighted by molar-refractivity contribution is -0.109. The van der Waals surface area contributed by atoms with Gasteiger partial charge in [-0.2, -0.15) is 0 Å². The molecule has 0 spiro atoms. The Hall–Kier alpha value is -0.370. The zero-order chi connectivity index (χ0) is 7.72. The molecule has 1 fully saturated rings. The molecule has 1 saturated carbocycles. The second kappa shape index (κ2) is 2.70. The highest BCUT2D eigenvalue weighted by Crippen LogP contribution is 2.40. The van der Waals surface area contributed by atoms with Crippen LogP contribution in [0.1, 0.15) is 13.3 Å². The molecule has 0 aliphatic heterocycles. The predicted molar refractivity (Wildman–Crippen MR) is 40.8 cm³/mol. The quantitative estimate of drug-likeness (QED) is 0.541. The normalized spacial score (nSPS) is 34.0. The molecule has 58 valence electrons. The molecule has 1 aliphatic carbocycles. The zero-order valence-electron chi connectivity index (χ0n) is 6.87. The van der Waals surface area contributed by atoms with Gasteiger partial charge in [0.25, 0.3) is 0 Å². The summed E-state index contributed by atoms with van der Waals surface area (Å²) in [6, 6.07) is 0.565. The van der Waals surface area contributed by atoms with Gasteiger partial charge in [0.2, 0.25) is 0 Å². The summed E-state index contributed by atoms with van der Waals surface area (Å²) in [5, 5.41) is 0. The summed E-state index contributed by atoms with van der Waals surface area (Å²) in [6.07, 6.45) is 2.19. The minimum atomic E-state index is 0.359. The van der Waals surface area contributed by atoms with Crippen LogP contribution in [-0.4, -0.2) is 31.3 Å². The molecule has 1 aliphatic rings. The fourth-order valence-electron chi connectivity index (χ4n) is 1.33. The number of aldehydes is 1. The molecule has 3 atom stereocenters. The summed E-state index contributed by atoms with van der Waals surface area (Å²) in [4.78, 5) is 12.5. The van der Waals surface area contributed by atoms with Crippen molar-refractivity contribution in [2.45, 2.75) is 19.4 Å². The molecular weight excluding hydrogens is 126 g/mol. The van der Waals surface area contributed by atoms with Crippen LogP contribution in [0.25, 0.3) is 0 Å². The van der Waals surface area contributed by atoms with Crippen molar-refractivity contribution >= 4 is 6.29 Å². The first-order valence-electron chi connectivity index (χ1n) is 3.78. The number of carbonyl (C=O) groups excluding carboxylic acids is 1. The van der Waals surface area contributed by atoms with E-state index in [9.17, 15) is 4.79 Å². The highest BCUT2D eigenvalue weighted by atomic mass is 16.1. The van der Waals surface area contributed by atoms with Crippen molar-refractivity contribution in [3.8, 4) is 0 Å². The molecule has 3 unspecified atom stereocenters. The molecule has 2 heteroatoms. The number of nitrogens with zero attached hydrogens (tertiary/aromatic N) is 1. The van der Waals surface area contributed by atoms with Crippen molar-refractivity contribution in [1.82, 2.24) is 4.90 Å². The maximum Gasteiger partial charge on any atom is 0.123 e. The van der Waals surface area contributed by atoms with Gasteiger partial charge in [0, 0.05) is 12.0 Å². The van der Waals surface area contributed by atoms with Gasteiger partial charge in [-0.25, -0.2) is 0 Å². The molecule has 0 aromatic rings. The van der Waals surface area contributed by atoms with E-state index in [4.69, 9.17) is 0 Å². The van der Waals surface area contributed by atoms with Gasteiger partial charge in [-0.15, -0.1) is 0 Å². The van der Waals surface area contributed by atoms with Crippen LogP contribution >= 0.6 is 0 Å². The van der Waals surface area contributed by atoms with E-state index in [0.717, 1.165) is 12.7 Å². The summed E-state index contributed by atoms with van der Waals surface area (Å²) in [5.74, 6) is 0.991. The number of hydrogen-bond donors (Lipinski definition) is 0. The van der Waals surface area contributed by atoms with Gasteiger partial charge < -0.3 is 9.69 Å². The van der Waals surface area contributed by atoms with Gasteiger partial charge >= 0.3 is 0 Å².